The maximum Gasteiger partial charge on any atom is 0.407 e. The van der Waals surface area contributed by atoms with Crippen molar-refractivity contribution in [3.8, 4) is 22.8 Å². The van der Waals surface area contributed by atoms with Gasteiger partial charge in [0, 0.05) is 67.2 Å². The summed E-state index contributed by atoms with van der Waals surface area (Å²) in [6.07, 6.45) is 1.62. The van der Waals surface area contributed by atoms with E-state index in [9.17, 15) is 14.7 Å². The number of para-hydroxylation sites is 1. The number of carbonyl (C=O) groups is 1. The third-order valence-electron chi connectivity index (χ3n) is 7.31. The molecule has 192 valence electrons. The second-order valence-corrected chi connectivity index (χ2v) is 9.82. The minimum Gasteiger partial charge on any atom is -0.465 e. The zero-order valence-corrected chi connectivity index (χ0v) is 20.5. The topological polar surface area (TPSA) is 107 Å². The Hall–Kier alpha value is -3.98. The lowest BCUT2D eigenvalue weighted by Gasteiger charge is -2.32. The van der Waals surface area contributed by atoms with Gasteiger partial charge < -0.3 is 34.7 Å². The molecule has 1 unspecified atom stereocenters. The van der Waals surface area contributed by atoms with Gasteiger partial charge in [-0.25, -0.2) is 4.79 Å². The summed E-state index contributed by atoms with van der Waals surface area (Å²) in [7, 11) is 0. The number of benzene rings is 2. The number of hydrogen-bond acceptors (Lipinski definition) is 6. The van der Waals surface area contributed by atoms with Crippen LogP contribution in [0.15, 0.2) is 53.3 Å². The predicted molar refractivity (Wildman–Crippen MR) is 141 cm³/mol. The van der Waals surface area contributed by atoms with Crippen LogP contribution in [0.3, 0.4) is 0 Å². The molecule has 2 fully saturated rings. The first kappa shape index (κ1) is 23.4. The van der Waals surface area contributed by atoms with Crippen molar-refractivity contribution in [3.63, 3.8) is 0 Å². The highest BCUT2D eigenvalue weighted by molar-refractivity contribution is 5.74. The van der Waals surface area contributed by atoms with Gasteiger partial charge in [-0.2, -0.15) is 0 Å². The van der Waals surface area contributed by atoms with Crippen molar-refractivity contribution in [1.29, 1.82) is 0 Å². The highest BCUT2D eigenvalue weighted by Gasteiger charge is 2.25. The van der Waals surface area contributed by atoms with E-state index in [0.29, 0.717) is 32.7 Å². The number of anilines is 2. The Morgan fingerprint density at radius 2 is 1.92 bits per heavy atom. The Bertz CT molecular complexity index is 1380. The van der Waals surface area contributed by atoms with Crippen molar-refractivity contribution >= 4 is 17.5 Å². The van der Waals surface area contributed by atoms with E-state index >= 15 is 0 Å². The van der Waals surface area contributed by atoms with E-state index in [1.807, 2.05) is 30.3 Å². The Morgan fingerprint density at radius 3 is 2.76 bits per heavy atom. The molecular formula is C28H30N4O5. The smallest absolute Gasteiger partial charge is 0.407 e. The van der Waals surface area contributed by atoms with Crippen molar-refractivity contribution in [1.82, 2.24) is 9.88 Å². The highest BCUT2D eigenvalue weighted by Crippen LogP contribution is 2.43. The van der Waals surface area contributed by atoms with E-state index < -0.39 is 6.09 Å². The molecule has 0 radical (unpaired) electrons. The number of carboxylic acid groups (broad SMARTS) is 1. The quantitative estimate of drug-likeness (QED) is 0.385. The number of ether oxygens (including phenoxy) is 2. The van der Waals surface area contributed by atoms with Gasteiger partial charge in [-0.3, -0.25) is 4.79 Å². The van der Waals surface area contributed by atoms with Crippen molar-refractivity contribution in [2.75, 3.05) is 49.6 Å². The molecule has 3 N–H and O–H groups in total. The summed E-state index contributed by atoms with van der Waals surface area (Å²) in [5.74, 6) is 1.54. The number of amides is 1. The maximum absolute atomic E-state index is 12.6. The molecule has 3 aromatic rings. The van der Waals surface area contributed by atoms with Crippen molar-refractivity contribution in [2.24, 2.45) is 0 Å². The minimum absolute atomic E-state index is 0.0851. The number of morpholine rings is 1. The molecular weight excluding hydrogens is 472 g/mol. The lowest BCUT2D eigenvalue weighted by atomic mass is 9.96. The minimum atomic E-state index is -0.866. The lowest BCUT2D eigenvalue weighted by Crippen LogP contribution is -2.44. The molecule has 37 heavy (non-hydrogen) atoms. The highest BCUT2D eigenvalue weighted by atomic mass is 16.5. The van der Waals surface area contributed by atoms with Crippen LogP contribution < -0.4 is 20.5 Å². The zero-order chi connectivity index (χ0) is 25.4. The van der Waals surface area contributed by atoms with E-state index in [-0.39, 0.29) is 11.6 Å². The van der Waals surface area contributed by atoms with Crippen molar-refractivity contribution in [3.05, 3.63) is 70.0 Å². The van der Waals surface area contributed by atoms with Gasteiger partial charge in [0.05, 0.1) is 18.9 Å². The van der Waals surface area contributed by atoms with Crippen molar-refractivity contribution in [2.45, 2.75) is 25.3 Å². The first-order valence-electron chi connectivity index (χ1n) is 12.8. The maximum atomic E-state index is 12.6. The number of nitrogens with one attached hydrogen (secondary N) is 2. The molecule has 9 heteroatoms. The normalized spacial score (nSPS) is 19.0. The molecule has 3 aliphatic heterocycles. The summed E-state index contributed by atoms with van der Waals surface area (Å²) in [5.41, 5.74) is 5.40. The van der Waals surface area contributed by atoms with Gasteiger partial charge in [0.1, 0.15) is 11.5 Å². The summed E-state index contributed by atoms with van der Waals surface area (Å²) >= 11 is 0. The first-order valence-corrected chi connectivity index (χ1v) is 12.8. The van der Waals surface area contributed by atoms with Crippen LogP contribution in [0.4, 0.5) is 16.2 Å². The molecule has 3 aliphatic rings. The van der Waals surface area contributed by atoms with Crippen LogP contribution in [-0.2, 0) is 11.2 Å². The molecule has 1 aromatic heterocycles. The van der Waals surface area contributed by atoms with Crippen LogP contribution in [0.5, 0.6) is 11.5 Å². The van der Waals surface area contributed by atoms with E-state index in [4.69, 9.17) is 9.47 Å². The number of H-pyrrole nitrogens is 1. The standard InChI is InChI=1S/C28H30N4O5/c33-26-16-22(31-9-11-36-12-10-31)15-24(30-26)23-5-1-3-18-13-19-14-20(6-7-25(19)37-27(18)23)29-21-4-2-8-32(17-21)28(34)35/h1,3,5-7,14-16,21,29H,2,4,8-13,17H2,(H,30,33)(H,34,35). The summed E-state index contributed by atoms with van der Waals surface area (Å²) in [4.78, 5) is 30.6. The second kappa shape index (κ2) is 9.82. The third kappa shape index (κ3) is 4.86. The van der Waals surface area contributed by atoms with Gasteiger partial charge in [-0.1, -0.05) is 12.1 Å². The molecule has 0 bridgehead atoms. The predicted octanol–water partition coefficient (Wildman–Crippen LogP) is 4.13. The fourth-order valence-corrected chi connectivity index (χ4v) is 5.46. The molecule has 6 rings (SSSR count). The van der Waals surface area contributed by atoms with Gasteiger partial charge >= 0.3 is 6.09 Å². The van der Waals surface area contributed by atoms with Gasteiger partial charge in [-0.05, 0) is 48.7 Å². The van der Waals surface area contributed by atoms with Gasteiger partial charge in [-0.15, -0.1) is 0 Å². The molecule has 9 nitrogen and oxygen atoms in total. The van der Waals surface area contributed by atoms with Crippen LogP contribution >= 0.6 is 0 Å². The number of fused-ring (bicyclic) bond motifs is 2. The zero-order valence-electron chi connectivity index (χ0n) is 20.5. The second-order valence-electron chi connectivity index (χ2n) is 9.82. The number of hydrogen-bond donors (Lipinski definition) is 3. The largest absolute Gasteiger partial charge is 0.465 e. The average molecular weight is 503 g/mol. The number of nitrogens with zero attached hydrogens (tertiary/aromatic N) is 2. The molecule has 0 spiro atoms. The van der Waals surface area contributed by atoms with E-state index in [1.165, 1.54) is 4.90 Å². The Morgan fingerprint density at radius 1 is 1.05 bits per heavy atom. The number of likely N-dealkylation sites (tertiary alicyclic amines) is 1. The Kier molecular flexibility index (Phi) is 6.21. The summed E-state index contributed by atoms with van der Waals surface area (Å²) < 4.78 is 11.9. The molecule has 0 saturated carbocycles. The summed E-state index contributed by atoms with van der Waals surface area (Å²) in [6, 6.07) is 15.8. The van der Waals surface area contributed by atoms with Gasteiger partial charge in [0.2, 0.25) is 5.56 Å². The first-order chi connectivity index (χ1) is 18.0. The van der Waals surface area contributed by atoms with E-state index in [1.54, 1.807) is 6.07 Å². The van der Waals surface area contributed by atoms with Crippen molar-refractivity contribution < 1.29 is 19.4 Å². The molecule has 4 heterocycles. The number of aromatic nitrogens is 1. The fourth-order valence-electron chi connectivity index (χ4n) is 5.46. The third-order valence-corrected chi connectivity index (χ3v) is 7.31. The lowest BCUT2D eigenvalue weighted by molar-refractivity contribution is 0.122. The Balaban J connectivity index is 1.25. The van der Waals surface area contributed by atoms with Crippen LogP contribution in [0.25, 0.3) is 11.3 Å². The van der Waals surface area contributed by atoms with Gasteiger partial charge in [0.25, 0.3) is 0 Å². The van der Waals surface area contributed by atoms with E-state index in [0.717, 1.165) is 71.2 Å². The average Bonchev–Trinajstić information content (AvgIpc) is 2.92. The van der Waals surface area contributed by atoms with Crippen LogP contribution in [0.2, 0.25) is 0 Å². The number of piperidine rings is 1. The summed E-state index contributed by atoms with van der Waals surface area (Å²) in [5, 5.41) is 12.8. The Labute approximate surface area is 214 Å². The van der Waals surface area contributed by atoms with Crippen LogP contribution in [-0.4, -0.2) is 66.5 Å². The molecule has 0 aliphatic carbocycles. The number of aromatic amines is 1. The molecule has 1 atom stereocenters. The monoisotopic (exact) mass is 502 g/mol. The van der Waals surface area contributed by atoms with Gasteiger partial charge in [0.15, 0.2) is 0 Å². The molecule has 2 aromatic carbocycles. The number of rotatable bonds is 4. The SMILES string of the molecule is O=C(O)N1CCCC(Nc2ccc3c(c2)Cc2cccc(-c4cc(N5CCOCC5)cc(=O)[nH]4)c2O3)C1. The van der Waals surface area contributed by atoms with E-state index in [2.05, 4.69) is 27.3 Å². The van der Waals surface area contributed by atoms with Crippen LogP contribution in [0, 0.1) is 0 Å². The number of pyridine rings is 1. The molecule has 2 saturated heterocycles. The fraction of sp³-hybridized carbons (Fsp3) is 0.357. The summed E-state index contributed by atoms with van der Waals surface area (Å²) in [6.45, 7) is 3.88. The molecule has 1 amide bonds. The van der Waals surface area contributed by atoms with Crippen LogP contribution in [0.1, 0.15) is 24.0 Å².